The molecule has 9 heteroatoms. The Labute approximate surface area is 197 Å². The Morgan fingerprint density at radius 3 is 2.26 bits per heavy atom. The van der Waals surface area contributed by atoms with Gasteiger partial charge in [-0.2, -0.15) is 8.78 Å². The van der Waals surface area contributed by atoms with E-state index >= 15 is 0 Å². The van der Waals surface area contributed by atoms with Crippen LogP contribution in [0.3, 0.4) is 0 Å². The summed E-state index contributed by atoms with van der Waals surface area (Å²) in [6, 6.07) is 18.8. The lowest BCUT2D eigenvalue weighted by Crippen LogP contribution is -2.05. The topological polar surface area (TPSA) is 69.3 Å². The van der Waals surface area contributed by atoms with Crippen LogP contribution in [0.1, 0.15) is 16.4 Å². The minimum atomic E-state index is -3.02. The number of thiazole rings is 1. The number of nitrogens with one attached hydrogen (secondary N) is 1. The molecule has 34 heavy (non-hydrogen) atoms. The maximum absolute atomic E-state index is 12.9. The Morgan fingerprint density at radius 1 is 0.941 bits per heavy atom. The van der Waals surface area contributed by atoms with Crippen molar-refractivity contribution in [3.63, 3.8) is 0 Å². The number of alkyl halides is 2. The smallest absolute Gasteiger partial charge is 0.387 e. The first-order valence-electron chi connectivity index (χ1n) is 10.3. The summed E-state index contributed by atoms with van der Waals surface area (Å²) in [5.41, 5.74) is 3.97. The molecule has 5 aromatic rings. The van der Waals surface area contributed by atoms with Crippen molar-refractivity contribution in [3.05, 3.63) is 77.1 Å². The minimum absolute atomic E-state index is 0.124. The van der Waals surface area contributed by atoms with Crippen LogP contribution in [0.2, 0.25) is 0 Å². The van der Waals surface area contributed by atoms with Crippen LogP contribution in [0.4, 0.5) is 8.78 Å². The Balaban J connectivity index is 1.70. The molecule has 0 fully saturated rings. The van der Waals surface area contributed by atoms with Crippen LogP contribution in [-0.4, -0.2) is 35.8 Å². The van der Waals surface area contributed by atoms with Crippen LogP contribution in [0, 0.1) is 0 Å². The van der Waals surface area contributed by atoms with Gasteiger partial charge in [0.05, 0.1) is 41.0 Å². The average molecular weight is 480 g/mol. The molecule has 0 saturated heterocycles. The van der Waals surface area contributed by atoms with Crippen LogP contribution in [0.25, 0.3) is 32.9 Å². The van der Waals surface area contributed by atoms with Crippen LogP contribution < -0.4 is 14.2 Å². The van der Waals surface area contributed by atoms with Crippen molar-refractivity contribution >= 4 is 44.2 Å². The third-order valence-electron chi connectivity index (χ3n) is 5.17. The van der Waals surface area contributed by atoms with Gasteiger partial charge in [0.2, 0.25) is 5.75 Å². The third-order valence-corrected chi connectivity index (χ3v) is 6.24. The molecule has 0 radical (unpaired) electrons. The van der Waals surface area contributed by atoms with E-state index in [9.17, 15) is 8.78 Å². The first-order chi connectivity index (χ1) is 16.6. The maximum atomic E-state index is 12.9. The lowest BCUT2D eigenvalue weighted by atomic mass is 10.1. The highest BCUT2D eigenvalue weighted by Gasteiger charge is 2.20. The standard InChI is InChI=1S/C25H19F2N3O3S/c1-31-19-12-14(13-20(32-2)22(19)33-25(26)27)11-15(23-28-16-7-3-4-8-17(16)29-23)24-30-18-9-5-6-10-21(18)34-24/h3-13,25H,1-2H3,(H,28,29)/b15-11+. The molecule has 3 aromatic carbocycles. The van der Waals surface area contributed by atoms with E-state index in [-0.39, 0.29) is 17.2 Å². The monoisotopic (exact) mass is 479 g/mol. The summed E-state index contributed by atoms with van der Waals surface area (Å²) in [4.78, 5) is 12.9. The Bertz CT molecular complexity index is 1340. The number of H-pyrrole nitrogens is 1. The van der Waals surface area contributed by atoms with Gasteiger partial charge in [0.1, 0.15) is 10.8 Å². The van der Waals surface area contributed by atoms with E-state index in [0.717, 1.165) is 31.8 Å². The van der Waals surface area contributed by atoms with Crippen LogP contribution in [0.15, 0.2) is 60.7 Å². The molecule has 0 unspecified atom stereocenters. The summed E-state index contributed by atoms with van der Waals surface area (Å²) in [6.45, 7) is -3.02. The van der Waals surface area contributed by atoms with Crippen molar-refractivity contribution in [1.29, 1.82) is 0 Å². The fourth-order valence-corrected chi connectivity index (χ4v) is 4.64. The maximum Gasteiger partial charge on any atom is 0.387 e. The van der Waals surface area contributed by atoms with Gasteiger partial charge in [-0.1, -0.05) is 24.3 Å². The number of methoxy groups -OCH3 is 2. The third kappa shape index (κ3) is 4.17. The predicted octanol–water partition coefficient (Wildman–Crippen LogP) is 6.38. The second kappa shape index (κ2) is 9.11. The van der Waals surface area contributed by atoms with Crippen molar-refractivity contribution in [2.75, 3.05) is 14.2 Å². The van der Waals surface area contributed by atoms with Crippen LogP contribution in [-0.2, 0) is 0 Å². The van der Waals surface area contributed by atoms with E-state index in [1.165, 1.54) is 25.6 Å². The summed E-state index contributed by atoms with van der Waals surface area (Å²) >= 11 is 1.54. The van der Waals surface area contributed by atoms with Gasteiger partial charge in [-0.05, 0) is 48.0 Å². The highest BCUT2D eigenvalue weighted by Crippen LogP contribution is 2.41. The van der Waals surface area contributed by atoms with Gasteiger partial charge in [0.25, 0.3) is 0 Å². The molecular weight excluding hydrogens is 460 g/mol. The fraction of sp³-hybridized carbons (Fsp3) is 0.120. The number of nitrogens with zero attached hydrogens (tertiary/aromatic N) is 2. The molecule has 1 N–H and O–H groups in total. The van der Waals surface area contributed by atoms with E-state index in [0.29, 0.717) is 11.4 Å². The van der Waals surface area contributed by atoms with E-state index in [2.05, 4.69) is 9.72 Å². The number of halogens is 2. The van der Waals surface area contributed by atoms with E-state index in [1.54, 1.807) is 12.1 Å². The molecule has 0 amide bonds. The summed E-state index contributed by atoms with van der Waals surface area (Å²) in [6.07, 6.45) is 1.87. The molecule has 6 nitrogen and oxygen atoms in total. The molecule has 0 saturated carbocycles. The molecule has 0 aliphatic heterocycles. The van der Waals surface area contributed by atoms with Crippen molar-refractivity contribution < 1.29 is 23.0 Å². The second-order valence-electron chi connectivity index (χ2n) is 7.28. The Kier molecular flexibility index (Phi) is 5.85. The zero-order valence-electron chi connectivity index (χ0n) is 18.2. The number of rotatable bonds is 7. The number of fused-ring (bicyclic) bond motifs is 2. The van der Waals surface area contributed by atoms with Crippen molar-refractivity contribution in [2.24, 2.45) is 0 Å². The number of aromatic nitrogens is 3. The van der Waals surface area contributed by atoms with E-state index < -0.39 is 6.61 Å². The van der Waals surface area contributed by atoms with Gasteiger partial charge < -0.3 is 19.2 Å². The van der Waals surface area contributed by atoms with Crippen LogP contribution >= 0.6 is 11.3 Å². The number of imidazole rings is 1. The zero-order valence-corrected chi connectivity index (χ0v) is 19.0. The summed E-state index contributed by atoms with van der Waals surface area (Å²) < 4.78 is 42.2. The van der Waals surface area contributed by atoms with Gasteiger partial charge >= 0.3 is 6.61 Å². The number of hydrogen-bond acceptors (Lipinski definition) is 6. The molecule has 0 aliphatic carbocycles. The lowest BCUT2D eigenvalue weighted by molar-refractivity contribution is -0.0526. The molecule has 0 atom stereocenters. The van der Waals surface area contributed by atoms with Gasteiger partial charge in [-0.3, -0.25) is 0 Å². The van der Waals surface area contributed by atoms with Gasteiger partial charge in [-0.25, -0.2) is 9.97 Å². The zero-order chi connectivity index (χ0) is 23.7. The number of benzene rings is 3. The molecule has 0 spiro atoms. The number of hydrogen-bond donors (Lipinski definition) is 1. The SMILES string of the molecule is COc1cc(/C=C(\c2nc3ccccc3[nH]2)c2nc3ccccc3s2)cc(OC)c1OC(F)F. The number of para-hydroxylation sites is 3. The number of ether oxygens (including phenoxy) is 3. The first kappa shape index (κ1) is 21.8. The summed E-state index contributed by atoms with van der Waals surface area (Å²) in [5, 5.41) is 0.756. The predicted molar refractivity (Wildman–Crippen MR) is 129 cm³/mol. The highest BCUT2D eigenvalue weighted by atomic mass is 32.1. The molecule has 5 rings (SSSR count). The Hall–Kier alpha value is -3.98. The van der Waals surface area contributed by atoms with Crippen molar-refractivity contribution in [1.82, 2.24) is 15.0 Å². The van der Waals surface area contributed by atoms with E-state index in [4.69, 9.17) is 19.4 Å². The van der Waals surface area contributed by atoms with Crippen LogP contribution in [0.5, 0.6) is 17.2 Å². The lowest BCUT2D eigenvalue weighted by Gasteiger charge is -2.15. The number of aromatic amines is 1. The molecule has 172 valence electrons. The van der Waals surface area contributed by atoms with Crippen molar-refractivity contribution in [3.8, 4) is 17.2 Å². The highest BCUT2D eigenvalue weighted by molar-refractivity contribution is 7.19. The van der Waals surface area contributed by atoms with E-state index in [1.807, 2.05) is 54.6 Å². The normalized spacial score (nSPS) is 12.0. The molecule has 2 aromatic heterocycles. The van der Waals surface area contributed by atoms with Gasteiger partial charge in [-0.15, -0.1) is 11.3 Å². The summed E-state index contributed by atoms with van der Waals surface area (Å²) in [5.74, 6) is 0.715. The molecular formula is C25H19F2N3O3S. The van der Waals surface area contributed by atoms with Crippen molar-refractivity contribution in [2.45, 2.75) is 6.61 Å². The Morgan fingerprint density at radius 2 is 1.62 bits per heavy atom. The fourth-order valence-electron chi connectivity index (χ4n) is 3.65. The minimum Gasteiger partial charge on any atom is -0.493 e. The average Bonchev–Trinajstić information content (AvgIpc) is 3.46. The quantitative estimate of drug-likeness (QED) is 0.293. The second-order valence-corrected chi connectivity index (χ2v) is 8.31. The first-order valence-corrected chi connectivity index (χ1v) is 11.1. The molecule has 0 aliphatic rings. The van der Waals surface area contributed by atoms with Gasteiger partial charge in [0.15, 0.2) is 11.5 Å². The molecule has 2 heterocycles. The largest absolute Gasteiger partial charge is 0.493 e. The summed E-state index contributed by atoms with van der Waals surface area (Å²) in [7, 11) is 2.77. The molecule has 0 bridgehead atoms. The van der Waals surface area contributed by atoms with Gasteiger partial charge in [0, 0.05) is 0 Å².